The minimum Gasteiger partial charge on any atom is -0.497 e. The predicted octanol–water partition coefficient (Wildman–Crippen LogP) is 4.22. The third kappa shape index (κ3) is 5.57. The SMILES string of the molecule is COc1ccc(CN(C)C(=O)C2CCN(C(=O)c3ccc(C(F)(F)F)cc3)CC2)cc1. The monoisotopic (exact) mass is 434 g/mol. The second-order valence-corrected chi connectivity index (χ2v) is 7.68. The molecule has 166 valence electrons. The van der Waals surface area contributed by atoms with Crippen molar-refractivity contribution < 1.29 is 27.5 Å². The molecule has 2 amide bonds. The van der Waals surface area contributed by atoms with Crippen molar-refractivity contribution in [2.24, 2.45) is 5.92 Å². The smallest absolute Gasteiger partial charge is 0.416 e. The highest BCUT2D eigenvalue weighted by Gasteiger charge is 2.32. The number of nitrogens with zero attached hydrogens (tertiary/aromatic N) is 2. The molecule has 1 fully saturated rings. The van der Waals surface area contributed by atoms with Crippen LogP contribution in [0, 0.1) is 5.92 Å². The average molecular weight is 434 g/mol. The maximum Gasteiger partial charge on any atom is 0.416 e. The number of carbonyl (C=O) groups is 2. The van der Waals surface area contributed by atoms with Gasteiger partial charge in [0.25, 0.3) is 5.91 Å². The van der Waals surface area contributed by atoms with E-state index in [2.05, 4.69) is 0 Å². The molecule has 0 atom stereocenters. The number of benzene rings is 2. The summed E-state index contributed by atoms with van der Waals surface area (Å²) in [5, 5.41) is 0. The summed E-state index contributed by atoms with van der Waals surface area (Å²) < 4.78 is 43.2. The summed E-state index contributed by atoms with van der Waals surface area (Å²) in [5.74, 6) is 0.284. The van der Waals surface area contributed by atoms with Gasteiger partial charge in [-0.05, 0) is 54.8 Å². The minimum atomic E-state index is -4.43. The highest BCUT2D eigenvalue weighted by molar-refractivity contribution is 5.94. The lowest BCUT2D eigenvalue weighted by molar-refractivity contribution is -0.137. The summed E-state index contributed by atoms with van der Waals surface area (Å²) in [6, 6.07) is 11.7. The van der Waals surface area contributed by atoms with Gasteiger partial charge in [0.05, 0.1) is 12.7 Å². The van der Waals surface area contributed by atoms with Crippen molar-refractivity contribution >= 4 is 11.8 Å². The predicted molar refractivity (Wildman–Crippen MR) is 110 cm³/mol. The van der Waals surface area contributed by atoms with Crippen molar-refractivity contribution in [1.29, 1.82) is 0 Å². The Bertz CT molecular complexity index is 903. The largest absolute Gasteiger partial charge is 0.497 e. The third-order valence-corrected chi connectivity index (χ3v) is 5.55. The maximum atomic E-state index is 12.8. The van der Waals surface area contributed by atoms with Crippen molar-refractivity contribution in [1.82, 2.24) is 9.80 Å². The van der Waals surface area contributed by atoms with E-state index in [4.69, 9.17) is 4.74 Å². The molecule has 1 heterocycles. The molecule has 2 aromatic rings. The topological polar surface area (TPSA) is 49.9 Å². The van der Waals surface area contributed by atoms with E-state index in [0.29, 0.717) is 32.5 Å². The molecule has 5 nitrogen and oxygen atoms in total. The summed E-state index contributed by atoms with van der Waals surface area (Å²) in [4.78, 5) is 28.7. The van der Waals surface area contributed by atoms with E-state index in [0.717, 1.165) is 23.4 Å². The van der Waals surface area contributed by atoms with E-state index < -0.39 is 11.7 Å². The number of hydrogen-bond donors (Lipinski definition) is 0. The van der Waals surface area contributed by atoms with E-state index in [1.165, 1.54) is 12.1 Å². The van der Waals surface area contributed by atoms with Crippen LogP contribution < -0.4 is 4.74 Å². The van der Waals surface area contributed by atoms with Gasteiger partial charge in [-0.15, -0.1) is 0 Å². The van der Waals surface area contributed by atoms with Gasteiger partial charge in [-0.1, -0.05) is 12.1 Å². The third-order valence-electron chi connectivity index (χ3n) is 5.55. The number of amides is 2. The van der Waals surface area contributed by atoms with Crippen molar-refractivity contribution in [3.63, 3.8) is 0 Å². The molecule has 1 saturated heterocycles. The molecule has 2 aromatic carbocycles. The number of alkyl halides is 3. The van der Waals surface area contributed by atoms with Crippen molar-refractivity contribution in [2.45, 2.75) is 25.6 Å². The van der Waals surface area contributed by atoms with Crippen LogP contribution in [0.3, 0.4) is 0 Å². The number of hydrogen-bond acceptors (Lipinski definition) is 3. The molecule has 0 unspecified atom stereocenters. The van der Waals surface area contributed by atoms with Gasteiger partial charge in [0, 0.05) is 38.2 Å². The normalized spacial score (nSPS) is 14.9. The Hall–Kier alpha value is -3.03. The van der Waals surface area contributed by atoms with Crippen LogP contribution in [0.5, 0.6) is 5.75 Å². The van der Waals surface area contributed by atoms with Gasteiger partial charge in [0.1, 0.15) is 5.75 Å². The van der Waals surface area contributed by atoms with Crippen LogP contribution in [0.4, 0.5) is 13.2 Å². The van der Waals surface area contributed by atoms with Crippen molar-refractivity contribution in [2.75, 3.05) is 27.2 Å². The molecule has 0 spiro atoms. The van der Waals surface area contributed by atoms with Crippen LogP contribution in [-0.2, 0) is 17.5 Å². The minimum absolute atomic E-state index is 0.0254. The van der Waals surface area contributed by atoms with Gasteiger partial charge in [0.15, 0.2) is 0 Å². The quantitative estimate of drug-likeness (QED) is 0.708. The zero-order chi connectivity index (χ0) is 22.6. The van der Waals surface area contributed by atoms with E-state index >= 15 is 0 Å². The molecule has 8 heteroatoms. The van der Waals surface area contributed by atoms with E-state index in [1.807, 2.05) is 24.3 Å². The number of ether oxygens (including phenoxy) is 1. The Morgan fingerprint density at radius 1 is 1.03 bits per heavy atom. The van der Waals surface area contributed by atoms with Crippen LogP contribution >= 0.6 is 0 Å². The second kappa shape index (κ2) is 9.41. The molecule has 31 heavy (non-hydrogen) atoms. The molecule has 0 aliphatic carbocycles. The maximum absolute atomic E-state index is 12.8. The number of halogens is 3. The van der Waals surface area contributed by atoms with E-state index in [-0.39, 0.29) is 23.3 Å². The molecule has 0 radical (unpaired) electrons. The van der Waals surface area contributed by atoms with Gasteiger partial charge in [-0.2, -0.15) is 13.2 Å². The van der Waals surface area contributed by atoms with Crippen molar-refractivity contribution in [3.05, 3.63) is 65.2 Å². The summed E-state index contributed by atoms with van der Waals surface area (Å²) in [5.41, 5.74) is 0.425. The molecule has 0 saturated carbocycles. The Morgan fingerprint density at radius 2 is 1.61 bits per heavy atom. The first kappa shape index (κ1) is 22.7. The summed E-state index contributed by atoms with van der Waals surface area (Å²) in [6.07, 6.45) is -3.38. The first-order valence-corrected chi connectivity index (χ1v) is 10.0. The lowest BCUT2D eigenvalue weighted by atomic mass is 9.94. The lowest BCUT2D eigenvalue weighted by Gasteiger charge is -2.33. The fourth-order valence-corrected chi connectivity index (χ4v) is 3.71. The molecule has 1 aliphatic heterocycles. The molecule has 0 N–H and O–H groups in total. The second-order valence-electron chi connectivity index (χ2n) is 7.68. The Kier molecular flexibility index (Phi) is 6.87. The number of piperidine rings is 1. The Balaban J connectivity index is 1.53. The van der Waals surface area contributed by atoms with Gasteiger partial charge in [0.2, 0.25) is 5.91 Å². The Labute approximate surface area is 179 Å². The van der Waals surface area contributed by atoms with E-state index in [9.17, 15) is 22.8 Å². The van der Waals surface area contributed by atoms with Gasteiger partial charge in [-0.3, -0.25) is 9.59 Å². The number of methoxy groups -OCH3 is 1. The highest BCUT2D eigenvalue weighted by atomic mass is 19.4. The number of likely N-dealkylation sites (tertiary alicyclic amines) is 1. The lowest BCUT2D eigenvalue weighted by Crippen LogP contribution is -2.43. The van der Waals surface area contributed by atoms with Crippen LogP contribution in [0.25, 0.3) is 0 Å². The molecule has 1 aliphatic rings. The highest BCUT2D eigenvalue weighted by Crippen LogP contribution is 2.29. The van der Waals surface area contributed by atoms with Crippen molar-refractivity contribution in [3.8, 4) is 5.75 Å². The first-order chi connectivity index (χ1) is 14.7. The van der Waals surface area contributed by atoms with Crippen LogP contribution in [0.1, 0.15) is 34.3 Å². The van der Waals surface area contributed by atoms with Crippen LogP contribution in [0.15, 0.2) is 48.5 Å². The van der Waals surface area contributed by atoms with Gasteiger partial charge < -0.3 is 14.5 Å². The van der Waals surface area contributed by atoms with Gasteiger partial charge >= 0.3 is 6.18 Å². The number of rotatable bonds is 5. The first-order valence-electron chi connectivity index (χ1n) is 10.0. The number of carbonyl (C=O) groups excluding carboxylic acids is 2. The zero-order valence-electron chi connectivity index (χ0n) is 17.5. The summed E-state index contributed by atoms with van der Waals surface area (Å²) in [6.45, 7) is 1.27. The zero-order valence-corrected chi connectivity index (χ0v) is 17.5. The fraction of sp³-hybridized carbons (Fsp3) is 0.391. The molecular weight excluding hydrogens is 409 g/mol. The Morgan fingerprint density at radius 3 is 2.13 bits per heavy atom. The molecule has 3 rings (SSSR count). The average Bonchev–Trinajstić information content (AvgIpc) is 2.78. The van der Waals surface area contributed by atoms with Gasteiger partial charge in [-0.25, -0.2) is 0 Å². The summed E-state index contributed by atoms with van der Waals surface area (Å²) in [7, 11) is 3.35. The molecule has 0 bridgehead atoms. The molecular formula is C23H25F3N2O3. The van der Waals surface area contributed by atoms with Crippen LogP contribution in [0.2, 0.25) is 0 Å². The summed E-state index contributed by atoms with van der Waals surface area (Å²) >= 11 is 0. The molecule has 0 aromatic heterocycles. The van der Waals surface area contributed by atoms with Crippen LogP contribution in [-0.4, -0.2) is 48.9 Å². The van der Waals surface area contributed by atoms with E-state index in [1.54, 1.807) is 24.0 Å². The standard InChI is InChI=1S/C23H25F3N2O3/c1-27(15-16-3-9-20(31-2)10-4-16)21(29)18-11-13-28(14-12-18)22(30)17-5-7-19(8-6-17)23(24,25)26/h3-10,18H,11-15H2,1-2H3. The fourth-order valence-electron chi connectivity index (χ4n) is 3.71.